The summed E-state index contributed by atoms with van der Waals surface area (Å²) in [6.07, 6.45) is 0. The first-order valence-corrected chi connectivity index (χ1v) is 10.5. The molecule has 0 unspecified atom stereocenters. The van der Waals surface area contributed by atoms with E-state index in [-0.39, 0.29) is 11.1 Å². The third kappa shape index (κ3) is 6.11. The number of nitrogens with one attached hydrogen (secondary N) is 1. The molecular weight excluding hydrogens is 392 g/mol. The maximum Gasteiger partial charge on any atom is 0.341 e. The highest BCUT2D eigenvalue weighted by Crippen LogP contribution is 2.23. The number of urea groups is 1. The first kappa shape index (κ1) is 22.5. The molecular formula is C18H27F2N3O4S. The van der Waals surface area contributed by atoms with Crippen molar-refractivity contribution in [3.8, 4) is 0 Å². The van der Waals surface area contributed by atoms with E-state index in [9.17, 15) is 22.0 Å². The molecule has 1 aliphatic rings. The number of hydrogen-bond donors (Lipinski definition) is 1. The number of alkyl halides is 2. The zero-order chi connectivity index (χ0) is 20.9. The van der Waals surface area contributed by atoms with Crippen LogP contribution in [0.2, 0.25) is 0 Å². The van der Waals surface area contributed by atoms with E-state index in [4.69, 9.17) is 4.74 Å². The van der Waals surface area contributed by atoms with Crippen LogP contribution in [0.1, 0.15) is 13.8 Å². The van der Waals surface area contributed by atoms with Crippen LogP contribution in [0, 0.1) is 5.41 Å². The van der Waals surface area contributed by atoms with Crippen molar-refractivity contribution in [2.24, 2.45) is 5.41 Å². The molecule has 0 atom stereocenters. The maximum atomic E-state index is 12.7. The minimum Gasteiger partial charge on any atom is -0.379 e. The highest BCUT2D eigenvalue weighted by Gasteiger charge is 2.28. The summed E-state index contributed by atoms with van der Waals surface area (Å²) in [4.78, 5) is 15.7. The summed E-state index contributed by atoms with van der Waals surface area (Å²) in [5.74, 6) is -3.51. The van der Waals surface area contributed by atoms with Crippen LogP contribution in [0.15, 0.2) is 29.2 Å². The van der Waals surface area contributed by atoms with Crippen molar-refractivity contribution in [3.63, 3.8) is 0 Å². The van der Waals surface area contributed by atoms with E-state index < -0.39 is 26.5 Å². The topological polar surface area (TPSA) is 79.0 Å². The normalized spacial score (nSPS) is 16.2. The molecule has 10 heteroatoms. The summed E-state index contributed by atoms with van der Waals surface area (Å²) in [7, 11) is -3.08. The molecule has 2 amide bonds. The summed E-state index contributed by atoms with van der Waals surface area (Å²) in [5, 5.41) is 2.56. The smallest absolute Gasteiger partial charge is 0.341 e. The number of benzene rings is 1. The molecule has 1 heterocycles. The highest BCUT2D eigenvalue weighted by molar-refractivity contribution is 7.91. The Hall–Kier alpha value is -1.78. The Bertz CT molecular complexity index is 781. The van der Waals surface area contributed by atoms with Crippen LogP contribution in [0.3, 0.4) is 0 Å². The Morgan fingerprint density at radius 3 is 2.57 bits per heavy atom. The molecule has 1 N–H and O–H groups in total. The molecule has 0 bridgehead atoms. The predicted octanol–water partition coefficient (Wildman–Crippen LogP) is 2.51. The number of rotatable bonds is 7. The van der Waals surface area contributed by atoms with Gasteiger partial charge in [0.1, 0.15) is 0 Å². The van der Waals surface area contributed by atoms with Gasteiger partial charge in [0.15, 0.2) is 0 Å². The summed E-state index contributed by atoms with van der Waals surface area (Å²) in [6, 6.07) is 4.43. The second kappa shape index (κ2) is 9.15. The molecule has 1 saturated heterocycles. The largest absolute Gasteiger partial charge is 0.379 e. The van der Waals surface area contributed by atoms with E-state index in [0.29, 0.717) is 19.8 Å². The Morgan fingerprint density at radius 2 is 1.96 bits per heavy atom. The van der Waals surface area contributed by atoms with Crippen LogP contribution in [-0.2, 0) is 14.6 Å². The van der Waals surface area contributed by atoms with Gasteiger partial charge in [0.05, 0.1) is 18.1 Å². The number of anilines is 1. The lowest BCUT2D eigenvalue weighted by atomic mass is 9.92. The number of morpholine rings is 1. The van der Waals surface area contributed by atoms with Gasteiger partial charge in [-0.05, 0) is 23.6 Å². The SMILES string of the molecule is CN(CC(C)(C)CN1CCOCC1)C(=O)Nc1cccc(S(=O)(=O)C(F)F)c1. The Labute approximate surface area is 164 Å². The molecule has 1 aromatic rings. The van der Waals surface area contributed by atoms with Crippen molar-refractivity contribution in [3.05, 3.63) is 24.3 Å². The van der Waals surface area contributed by atoms with Crippen molar-refractivity contribution >= 4 is 21.6 Å². The van der Waals surface area contributed by atoms with Gasteiger partial charge < -0.3 is 15.0 Å². The fraction of sp³-hybridized carbons (Fsp3) is 0.611. The molecule has 0 aromatic heterocycles. The average molecular weight is 419 g/mol. The van der Waals surface area contributed by atoms with Gasteiger partial charge >= 0.3 is 11.8 Å². The van der Waals surface area contributed by atoms with Crippen LogP contribution in [-0.4, -0.2) is 76.4 Å². The third-order valence-corrected chi connectivity index (χ3v) is 5.80. The molecule has 0 spiro atoms. The number of nitrogens with zero attached hydrogens (tertiary/aromatic N) is 2. The second-order valence-corrected chi connectivity index (χ2v) is 9.59. The number of ether oxygens (including phenoxy) is 1. The predicted molar refractivity (Wildman–Crippen MR) is 102 cm³/mol. The second-order valence-electron chi connectivity index (χ2n) is 7.67. The first-order chi connectivity index (χ1) is 13.0. The van der Waals surface area contributed by atoms with Crippen molar-refractivity contribution in [1.82, 2.24) is 9.80 Å². The fourth-order valence-corrected chi connectivity index (χ4v) is 3.97. The average Bonchev–Trinajstić information content (AvgIpc) is 2.61. The van der Waals surface area contributed by atoms with Gasteiger partial charge in [-0.3, -0.25) is 4.90 Å². The van der Waals surface area contributed by atoms with E-state index in [1.807, 2.05) is 0 Å². The molecule has 1 aromatic carbocycles. The first-order valence-electron chi connectivity index (χ1n) is 8.96. The van der Waals surface area contributed by atoms with E-state index >= 15 is 0 Å². The van der Waals surface area contributed by atoms with Crippen LogP contribution in [0.25, 0.3) is 0 Å². The van der Waals surface area contributed by atoms with Crippen molar-refractivity contribution in [2.75, 3.05) is 51.8 Å². The number of carbonyl (C=O) groups excluding carboxylic acids is 1. The van der Waals surface area contributed by atoms with Crippen LogP contribution in [0.5, 0.6) is 0 Å². The maximum absolute atomic E-state index is 12.7. The lowest BCUT2D eigenvalue weighted by Gasteiger charge is -2.37. The van der Waals surface area contributed by atoms with Gasteiger partial charge in [0, 0.05) is 38.9 Å². The quantitative estimate of drug-likeness (QED) is 0.735. The summed E-state index contributed by atoms with van der Waals surface area (Å²) >= 11 is 0. The van der Waals surface area contributed by atoms with Gasteiger partial charge in [-0.1, -0.05) is 19.9 Å². The molecule has 1 aliphatic heterocycles. The molecule has 158 valence electrons. The van der Waals surface area contributed by atoms with Gasteiger partial charge in [-0.15, -0.1) is 0 Å². The van der Waals surface area contributed by atoms with Crippen molar-refractivity contribution < 1.29 is 26.7 Å². The van der Waals surface area contributed by atoms with Gasteiger partial charge in [-0.2, -0.15) is 8.78 Å². The van der Waals surface area contributed by atoms with Crippen molar-refractivity contribution in [2.45, 2.75) is 24.5 Å². The standard InChI is InChI=1S/C18H27F2N3O4S/c1-18(2,13-23-7-9-27-10-8-23)12-22(3)17(24)21-14-5-4-6-15(11-14)28(25,26)16(19)20/h4-6,11,16H,7-10,12-13H2,1-3H3,(H,21,24). The van der Waals surface area contributed by atoms with Crippen LogP contribution >= 0.6 is 0 Å². The Kier molecular flexibility index (Phi) is 7.35. The van der Waals surface area contributed by atoms with Crippen molar-refractivity contribution in [1.29, 1.82) is 0 Å². The number of halogens is 2. The molecule has 1 fully saturated rings. The van der Waals surface area contributed by atoms with Gasteiger partial charge in [0.2, 0.25) is 9.84 Å². The van der Waals surface area contributed by atoms with Crippen LogP contribution in [0.4, 0.5) is 19.3 Å². The number of carbonyl (C=O) groups is 1. The van der Waals surface area contributed by atoms with E-state index in [1.54, 1.807) is 7.05 Å². The molecule has 28 heavy (non-hydrogen) atoms. The minimum absolute atomic E-state index is 0.143. The number of amides is 2. The van der Waals surface area contributed by atoms with Crippen LogP contribution < -0.4 is 5.32 Å². The molecule has 0 saturated carbocycles. The molecule has 0 aliphatic carbocycles. The third-order valence-electron chi connectivity index (χ3n) is 4.42. The summed E-state index contributed by atoms with van der Waals surface area (Å²) < 4.78 is 53.9. The zero-order valence-electron chi connectivity index (χ0n) is 16.3. The highest BCUT2D eigenvalue weighted by atomic mass is 32.2. The monoisotopic (exact) mass is 419 g/mol. The van der Waals surface area contributed by atoms with E-state index in [1.165, 1.54) is 17.0 Å². The lowest BCUT2D eigenvalue weighted by Crippen LogP contribution is -2.47. The lowest BCUT2D eigenvalue weighted by molar-refractivity contribution is 0.0182. The van der Waals surface area contributed by atoms with Gasteiger partial charge in [0.25, 0.3) is 0 Å². The number of hydrogen-bond acceptors (Lipinski definition) is 5. The summed E-state index contributed by atoms with van der Waals surface area (Å²) in [5.41, 5.74) is -0.0332. The molecule has 7 nitrogen and oxygen atoms in total. The zero-order valence-corrected chi connectivity index (χ0v) is 17.1. The summed E-state index contributed by atoms with van der Waals surface area (Å²) in [6.45, 7) is 8.48. The van der Waals surface area contributed by atoms with E-state index in [2.05, 4.69) is 24.1 Å². The Balaban J connectivity index is 1.98. The Morgan fingerprint density at radius 1 is 1.32 bits per heavy atom. The van der Waals surface area contributed by atoms with E-state index in [0.717, 1.165) is 31.8 Å². The molecule has 2 rings (SSSR count). The fourth-order valence-electron chi connectivity index (χ4n) is 3.20. The molecule has 0 radical (unpaired) electrons. The minimum atomic E-state index is -4.71. The van der Waals surface area contributed by atoms with Gasteiger partial charge in [-0.25, -0.2) is 13.2 Å². The number of sulfone groups is 1.